The molecule has 0 aliphatic heterocycles. The Balaban J connectivity index is 2.95. The fourth-order valence-electron chi connectivity index (χ4n) is 2.91. The second-order valence-corrected chi connectivity index (χ2v) is 5.69. The van der Waals surface area contributed by atoms with Crippen molar-refractivity contribution in [3.8, 4) is 0 Å². The maximum Gasteiger partial charge on any atom is 0.310 e. The number of hydrogen-bond acceptors (Lipinski definition) is 4. The maximum absolute atomic E-state index is 12.0. The SMILES string of the molecule is COC(=O)Cc1cnc(C(C)=O)c2c(C)c(C)c(C)c(C)c12. The van der Waals surface area contributed by atoms with Crippen molar-refractivity contribution in [1.82, 2.24) is 4.98 Å². The highest BCUT2D eigenvalue weighted by molar-refractivity contribution is 6.09. The van der Waals surface area contributed by atoms with Crippen LogP contribution < -0.4 is 0 Å². The van der Waals surface area contributed by atoms with E-state index in [1.54, 1.807) is 6.20 Å². The number of pyridine rings is 1. The summed E-state index contributed by atoms with van der Waals surface area (Å²) in [5.41, 5.74) is 5.73. The zero-order valence-electron chi connectivity index (χ0n) is 14.0. The minimum Gasteiger partial charge on any atom is -0.469 e. The van der Waals surface area contributed by atoms with Crippen molar-refractivity contribution >= 4 is 22.5 Å². The standard InChI is InChI=1S/C18H21NO3/c1-9-10(2)12(4)17-16(11(9)3)14(7-15(21)22-6)8-19-18(17)13(5)20/h8H,7H2,1-6H3. The molecule has 1 aromatic carbocycles. The zero-order chi connectivity index (χ0) is 16.6. The van der Waals surface area contributed by atoms with Crippen molar-refractivity contribution in [3.63, 3.8) is 0 Å². The van der Waals surface area contributed by atoms with Crippen LogP contribution in [0.4, 0.5) is 0 Å². The minimum atomic E-state index is -0.311. The van der Waals surface area contributed by atoms with Gasteiger partial charge in [-0.15, -0.1) is 0 Å². The van der Waals surface area contributed by atoms with Gasteiger partial charge in [0.05, 0.1) is 13.5 Å². The fraction of sp³-hybridized carbons (Fsp3) is 0.389. The Morgan fingerprint density at radius 3 is 2.05 bits per heavy atom. The third kappa shape index (κ3) is 2.49. The van der Waals surface area contributed by atoms with Crippen molar-refractivity contribution in [1.29, 1.82) is 0 Å². The van der Waals surface area contributed by atoms with Gasteiger partial charge in [0.2, 0.25) is 0 Å². The van der Waals surface area contributed by atoms with Crippen LogP contribution in [0.2, 0.25) is 0 Å². The normalized spacial score (nSPS) is 10.8. The number of ether oxygens (including phenoxy) is 1. The molecule has 0 atom stereocenters. The molecule has 0 saturated heterocycles. The molecule has 0 N–H and O–H groups in total. The molecular formula is C18H21NO3. The minimum absolute atomic E-state index is 0.0691. The lowest BCUT2D eigenvalue weighted by atomic mass is 9.88. The summed E-state index contributed by atoms with van der Waals surface area (Å²) in [4.78, 5) is 27.9. The number of Topliss-reactive ketones (excluding diaryl/α,β-unsaturated/α-hetero) is 1. The molecule has 0 amide bonds. The van der Waals surface area contributed by atoms with Crippen molar-refractivity contribution < 1.29 is 14.3 Å². The lowest BCUT2D eigenvalue weighted by molar-refractivity contribution is -0.139. The van der Waals surface area contributed by atoms with Gasteiger partial charge in [-0.3, -0.25) is 14.6 Å². The Hall–Kier alpha value is -2.23. The molecule has 0 fully saturated rings. The number of aromatic nitrogens is 1. The van der Waals surface area contributed by atoms with Gasteiger partial charge in [-0.25, -0.2) is 0 Å². The summed E-state index contributed by atoms with van der Waals surface area (Å²) in [7, 11) is 1.37. The van der Waals surface area contributed by atoms with Crippen molar-refractivity contribution in [2.75, 3.05) is 7.11 Å². The number of aryl methyl sites for hydroxylation is 2. The van der Waals surface area contributed by atoms with E-state index in [9.17, 15) is 9.59 Å². The van der Waals surface area contributed by atoms with Crippen LogP contribution in [0.3, 0.4) is 0 Å². The highest BCUT2D eigenvalue weighted by Crippen LogP contribution is 2.33. The first kappa shape index (κ1) is 16.1. The van der Waals surface area contributed by atoms with Crippen molar-refractivity contribution in [2.24, 2.45) is 0 Å². The van der Waals surface area contributed by atoms with E-state index < -0.39 is 0 Å². The predicted octanol–water partition coefficient (Wildman–Crippen LogP) is 3.39. The van der Waals surface area contributed by atoms with Crippen LogP contribution in [-0.4, -0.2) is 23.8 Å². The number of hydrogen-bond donors (Lipinski definition) is 0. The van der Waals surface area contributed by atoms with Crippen LogP contribution in [-0.2, 0) is 16.0 Å². The van der Waals surface area contributed by atoms with Crippen LogP contribution >= 0.6 is 0 Å². The Morgan fingerprint density at radius 1 is 1.00 bits per heavy atom. The second kappa shape index (κ2) is 5.87. The third-order valence-corrected chi connectivity index (χ3v) is 4.49. The first-order valence-electron chi connectivity index (χ1n) is 7.25. The monoisotopic (exact) mass is 299 g/mol. The average molecular weight is 299 g/mol. The van der Waals surface area contributed by atoms with Crippen LogP contribution in [0.5, 0.6) is 0 Å². The molecule has 2 rings (SSSR count). The number of ketones is 1. The molecule has 0 spiro atoms. The van der Waals surface area contributed by atoms with Gasteiger partial charge in [-0.2, -0.15) is 0 Å². The van der Waals surface area contributed by atoms with E-state index in [0.717, 1.165) is 33.0 Å². The summed E-state index contributed by atoms with van der Waals surface area (Å²) in [5.74, 6) is -0.380. The van der Waals surface area contributed by atoms with E-state index in [4.69, 9.17) is 4.74 Å². The third-order valence-electron chi connectivity index (χ3n) is 4.49. The van der Waals surface area contributed by atoms with Crippen LogP contribution in [0.25, 0.3) is 10.8 Å². The number of esters is 1. The summed E-state index contributed by atoms with van der Waals surface area (Å²) >= 11 is 0. The molecular weight excluding hydrogens is 278 g/mol. The van der Waals surface area contributed by atoms with E-state index in [1.165, 1.54) is 19.6 Å². The van der Waals surface area contributed by atoms with Gasteiger partial charge in [0.15, 0.2) is 5.78 Å². The van der Waals surface area contributed by atoms with Gasteiger partial charge in [0.25, 0.3) is 0 Å². The molecule has 0 unspecified atom stereocenters. The summed E-state index contributed by atoms with van der Waals surface area (Å²) in [6.45, 7) is 9.65. The quantitative estimate of drug-likeness (QED) is 0.644. The van der Waals surface area contributed by atoms with Crippen LogP contribution in [0.15, 0.2) is 6.20 Å². The molecule has 2 aromatic rings. The topological polar surface area (TPSA) is 56.3 Å². The van der Waals surface area contributed by atoms with Crippen molar-refractivity contribution in [2.45, 2.75) is 41.0 Å². The first-order chi connectivity index (χ1) is 10.3. The zero-order valence-corrected chi connectivity index (χ0v) is 14.0. The predicted molar refractivity (Wildman–Crippen MR) is 86.4 cm³/mol. The molecule has 116 valence electrons. The highest BCUT2D eigenvalue weighted by Gasteiger charge is 2.19. The summed E-state index contributed by atoms with van der Waals surface area (Å²) in [6, 6.07) is 0. The van der Waals surface area contributed by atoms with E-state index >= 15 is 0 Å². The van der Waals surface area contributed by atoms with Crippen LogP contribution in [0, 0.1) is 27.7 Å². The summed E-state index contributed by atoms with van der Waals surface area (Å²) < 4.78 is 4.77. The molecule has 0 bridgehead atoms. The lowest BCUT2D eigenvalue weighted by Crippen LogP contribution is -2.10. The Morgan fingerprint density at radius 2 is 1.55 bits per heavy atom. The summed E-state index contributed by atoms with van der Waals surface area (Å²) in [6.07, 6.45) is 1.78. The molecule has 4 nitrogen and oxygen atoms in total. The number of nitrogens with zero attached hydrogens (tertiary/aromatic N) is 1. The number of benzene rings is 1. The largest absolute Gasteiger partial charge is 0.469 e. The smallest absolute Gasteiger partial charge is 0.310 e. The van der Waals surface area contributed by atoms with E-state index in [1.807, 2.05) is 20.8 Å². The molecule has 0 aliphatic carbocycles. The van der Waals surface area contributed by atoms with Gasteiger partial charge in [-0.05, 0) is 60.9 Å². The number of carbonyl (C=O) groups excluding carboxylic acids is 2. The van der Waals surface area contributed by atoms with Gasteiger partial charge in [0.1, 0.15) is 5.69 Å². The van der Waals surface area contributed by atoms with E-state index in [2.05, 4.69) is 11.9 Å². The summed E-state index contributed by atoms with van der Waals surface area (Å²) in [5, 5.41) is 1.81. The second-order valence-electron chi connectivity index (χ2n) is 5.69. The molecule has 1 heterocycles. The highest BCUT2D eigenvalue weighted by atomic mass is 16.5. The van der Waals surface area contributed by atoms with Crippen molar-refractivity contribution in [3.05, 3.63) is 39.7 Å². The average Bonchev–Trinajstić information content (AvgIpc) is 2.49. The van der Waals surface area contributed by atoms with Gasteiger partial charge in [0, 0.05) is 18.5 Å². The Bertz CT molecular complexity index is 791. The van der Waals surface area contributed by atoms with E-state index in [-0.39, 0.29) is 18.2 Å². The fourth-order valence-corrected chi connectivity index (χ4v) is 2.91. The van der Waals surface area contributed by atoms with Gasteiger partial charge >= 0.3 is 5.97 Å². The van der Waals surface area contributed by atoms with Gasteiger partial charge < -0.3 is 4.74 Å². The van der Waals surface area contributed by atoms with Gasteiger partial charge in [-0.1, -0.05) is 0 Å². The molecule has 0 saturated carbocycles. The number of rotatable bonds is 3. The maximum atomic E-state index is 12.0. The first-order valence-corrected chi connectivity index (χ1v) is 7.25. The number of carbonyl (C=O) groups is 2. The number of fused-ring (bicyclic) bond motifs is 1. The van der Waals surface area contributed by atoms with Crippen LogP contribution in [0.1, 0.15) is 45.2 Å². The number of methoxy groups -OCH3 is 1. The molecule has 22 heavy (non-hydrogen) atoms. The molecule has 4 heteroatoms. The lowest BCUT2D eigenvalue weighted by Gasteiger charge is -2.18. The molecule has 1 aromatic heterocycles. The molecule has 0 radical (unpaired) electrons. The van der Waals surface area contributed by atoms with E-state index in [0.29, 0.717) is 5.69 Å². The molecule has 0 aliphatic rings. The Kier molecular flexibility index (Phi) is 4.31. The Labute approximate surface area is 130 Å².